The summed E-state index contributed by atoms with van der Waals surface area (Å²) in [6.45, 7) is 3.77. The lowest BCUT2D eigenvalue weighted by Gasteiger charge is -2.08. The topological polar surface area (TPSA) is 67.3 Å². The van der Waals surface area contributed by atoms with Crippen LogP contribution >= 0.6 is 0 Å². The molecule has 2 rings (SSSR count). The minimum atomic E-state index is -3.64. The summed E-state index contributed by atoms with van der Waals surface area (Å²) in [4.78, 5) is 3.76. The van der Waals surface area contributed by atoms with Gasteiger partial charge in [-0.25, -0.2) is 13.4 Å². The van der Waals surface area contributed by atoms with Gasteiger partial charge in [0.25, 0.3) is 0 Å². The Morgan fingerprint density at radius 2 is 1.95 bits per heavy atom. The molecule has 4 nitrogen and oxygen atoms in total. The zero-order valence-corrected chi connectivity index (χ0v) is 11.6. The first-order valence-corrected chi connectivity index (χ1v) is 7.48. The summed E-state index contributed by atoms with van der Waals surface area (Å²) in [5.74, 6) is -0.474. The Bertz CT molecular complexity index is 708. The molecule has 0 unspecified atom stereocenters. The van der Waals surface area contributed by atoms with Gasteiger partial charge in [0.1, 0.15) is 0 Å². The monoisotopic (exact) mass is 277 g/mol. The van der Waals surface area contributed by atoms with Crippen molar-refractivity contribution in [3.05, 3.63) is 53.2 Å². The van der Waals surface area contributed by atoms with E-state index < -0.39 is 9.84 Å². The molecule has 19 heavy (non-hydrogen) atoms. The Morgan fingerprint density at radius 1 is 1.21 bits per heavy atom. The van der Waals surface area contributed by atoms with Crippen molar-refractivity contribution in [1.82, 2.24) is 4.98 Å². The Morgan fingerprint density at radius 3 is 2.63 bits per heavy atom. The molecule has 0 aliphatic heterocycles. The van der Waals surface area contributed by atoms with E-state index in [2.05, 4.69) is 4.98 Å². The average molecular weight is 277 g/mol. The molecule has 0 amide bonds. The van der Waals surface area contributed by atoms with Gasteiger partial charge in [0.15, 0.2) is 10.8 Å². The number of sulfone groups is 1. The molecule has 1 N–H and O–H groups in total. The van der Waals surface area contributed by atoms with Crippen LogP contribution in [0.5, 0.6) is 5.75 Å². The van der Waals surface area contributed by atoms with E-state index in [1.807, 2.05) is 32.0 Å². The highest BCUT2D eigenvalue weighted by Gasteiger charge is 2.21. The third kappa shape index (κ3) is 2.93. The molecule has 100 valence electrons. The molecule has 2 aromatic rings. The standard InChI is InChI=1S/C14H15NO3S/c1-10-5-6-11(2)12(8-10)9-19(17,18)14-13(16)4-3-7-15-14/h3-8,16H,9H2,1-2H3. The molecular formula is C14H15NO3S. The summed E-state index contributed by atoms with van der Waals surface area (Å²) in [6.07, 6.45) is 1.36. The maximum atomic E-state index is 12.3. The normalized spacial score (nSPS) is 11.5. The van der Waals surface area contributed by atoms with E-state index in [1.54, 1.807) is 0 Å². The molecule has 0 radical (unpaired) electrons. The second kappa shape index (κ2) is 5.01. The number of aromatic nitrogens is 1. The Kier molecular flexibility index (Phi) is 3.57. The minimum Gasteiger partial charge on any atom is -0.505 e. The number of nitrogens with zero attached hydrogens (tertiary/aromatic N) is 1. The molecule has 0 atom stereocenters. The van der Waals surface area contributed by atoms with Gasteiger partial charge in [-0.3, -0.25) is 0 Å². The molecule has 0 bridgehead atoms. The molecule has 0 spiro atoms. The highest BCUT2D eigenvalue weighted by molar-refractivity contribution is 7.90. The van der Waals surface area contributed by atoms with E-state index in [9.17, 15) is 13.5 Å². The fraction of sp³-hybridized carbons (Fsp3) is 0.214. The molecule has 0 fully saturated rings. The van der Waals surface area contributed by atoms with Crippen LogP contribution in [0, 0.1) is 13.8 Å². The first-order valence-electron chi connectivity index (χ1n) is 5.83. The van der Waals surface area contributed by atoms with Crippen LogP contribution in [0.25, 0.3) is 0 Å². The van der Waals surface area contributed by atoms with Crippen LogP contribution in [0.15, 0.2) is 41.6 Å². The number of pyridine rings is 1. The van der Waals surface area contributed by atoms with Gasteiger partial charge in [-0.1, -0.05) is 23.8 Å². The molecule has 1 aromatic heterocycles. The Hall–Kier alpha value is -1.88. The number of aryl methyl sites for hydroxylation is 2. The van der Waals surface area contributed by atoms with Gasteiger partial charge in [0.2, 0.25) is 9.84 Å². The first-order chi connectivity index (χ1) is 8.90. The summed E-state index contributed by atoms with van der Waals surface area (Å²) in [5.41, 5.74) is 2.63. The molecule has 0 saturated heterocycles. The summed E-state index contributed by atoms with van der Waals surface area (Å²) >= 11 is 0. The third-order valence-corrected chi connectivity index (χ3v) is 4.49. The lowest BCUT2D eigenvalue weighted by atomic mass is 10.1. The largest absolute Gasteiger partial charge is 0.505 e. The Balaban J connectivity index is 2.43. The van der Waals surface area contributed by atoms with Crippen LogP contribution in [0.3, 0.4) is 0 Å². The van der Waals surface area contributed by atoms with Crippen molar-refractivity contribution in [3.63, 3.8) is 0 Å². The van der Waals surface area contributed by atoms with E-state index >= 15 is 0 Å². The zero-order valence-electron chi connectivity index (χ0n) is 10.8. The van der Waals surface area contributed by atoms with Crippen molar-refractivity contribution in [2.75, 3.05) is 0 Å². The van der Waals surface area contributed by atoms with Crippen LogP contribution in [0.4, 0.5) is 0 Å². The second-order valence-corrected chi connectivity index (χ2v) is 6.42. The lowest BCUT2D eigenvalue weighted by Crippen LogP contribution is -2.08. The summed E-state index contributed by atoms with van der Waals surface area (Å²) in [5, 5.41) is 9.34. The fourth-order valence-corrected chi connectivity index (χ4v) is 3.32. The summed E-state index contributed by atoms with van der Waals surface area (Å²) < 4.78 is 24.5. The van der Waals surface area contributed by atoms with Gasteiger partial charge in [0.05, 0.1) is 5.75 Å². The summed E-state index contributed by atoms with van der Waals surface area (Å²) in [7, 11) is -3.64. The molecule has 1 aromatic carbocycles. The maximum Gasteiger partial charge on any atom is 0.203 e. The second-order valence-electron chi connectivity index (χ2n) is 4.52. The van der Waals surface area contributed by atoms with Gasteiger partial charge < -0.3 is 5.11 Å². The van der Waals surface area contributed by atoms with E-state index in [0.29, 0.717) is 0 Å². The molecule has 1 heterocycles. The van der Waals surface area contributed by atoms with Crippen molar-refractivity contribution in [2.24, 2.45) is 0 Å². The highest BCUT2D eigenvalue weighted by Crippen LogP contribution is 2.24. The maximum absolute atomic E-state index is 12.3. The summed E-state index contributed by atoms with van der Waals surface area (Å²) in [6, 6.07) is 8.48. The number of hydrogen-bond acceptors (Lipinski definition) is 4. The SMILES string of the molecule is Cc1ccc(C)c(CS(=O)(=O)c2ncccc2O)c1. The van der Waals surface area contributed by atoms with Crippen molar-refractivity contribution < 1.29 is 13.5 Å². The van der Waals surface area contributed by atoms with E-state index in [0.717, 1.165) is 16.7 Å². The smallest absolute Gasteiger partial charge is 0.203 e. The van der Waals surface area contributed by atoms with Gasteiger partial charge in [-0.05, 0) is 37.1 Å². The zero-order chi connectivity index (χ0) is 14.0. The molecule has 5 heteroatoms. The minimum absolute atomic E-state index is 0.162. The predicted molar refractivity (Wildman–Crippen MR) is 72.7 cm³/mol. The highest BCUT2D eigenvalue weighted by atomic mass is 32.2. The van der Waals surface area contributed by atoms with Crippen LogP contribution in [-0.4, -0.2) is 18.5 Å². The average Bonchev–Trinajstić information content (AvgIpc) is 2.34. The van der Waals surface area contributed by atoms with Gasteiger partial charge >= 0.3 is 0 Å². The van der Waals surface area contributed by atoms with Crippen molar-refractivity contribution in [3.8, 4) is 5.75 Å². The van der Waals surface area contributed by atoms with Crippen molar-refractivity contribution >= 4 is 9.84 Å². The number of benzene rings is 1. The molecule has 0 aliphatic rings. The molecule has 0 aliphatic carbocycles. The number of rotatable bonds is 3. The van der Waals surface area contributed by atoms with E-state index in [-0.39, 0.29) is 16.5 Å². The van der Waals surface area contributed by atoms with Crippen LogP contribution in [0.1, 0.15) is 16.7 Å². The van der Waals surface area contributed by atoms with Crippen LogP contribution in [-0.2, 0) is 15.6 Å². The lowest BCUT2D eigenvalue weighted by molar-refractivity contribution is 0.452. The van der Waals surface area contributed by atoms with Crippen LogP contribution < -0.4 is 0 Å². The Labute approximate surface area is 112 Å². The van der Waals surface area contributed by atoms with E-state index in [4.69, 9.17) is 0 Å². The van der Waals surface area contributed by atoms with Gasteiger partial charge in [0, 0.05) is 6.20 Å². The fourth-order valence-electron chi connectivity index (χ4n) is 1.85. The molecule has 0 saturated carbocycles. The quantitative estimate of drug-likeness (QED) is 0.935. The first kappa shape index (κ1) is 13.5. The van der Waals surface area contributed by atoms with Gasteiger partial charge in [-0.15, -0.1) is 0 Å². The predicted octanol–water partition coefficient (Wildman–Crippen LogP) is 2.38. The third-order valence-electron chi connectivity index (χ3n) is 2.90. The number of hydrogen-bond donors (Lipinski definition) is 1. The van der Waals surface area contributed by atoms with E-state index in [1.165, 1.54) is 18.3 Å². The van der Waals surface area contributed by atoms with Crippen LogP contribution in [0.2, 0.25) is 0 Å². The van der Waals surface area contributed by atoms with Crippen molar-refractivity contribution in [1.29, 1.82) is 0 Å². The number of aromatic hydroxyl groups is 1. The molecular weight excluding hydrogens is 262 g/mol. The van der Waals surface area contributed by atoms with Crippen molar-refractivity contribution in [2.45, 2.75) is 24.6 Å². The van der Waals surface area contributed by atoms with Gasteiger partial charge in [-0.2, -0.15) is 0 Å².